The van der Waals surface area contributed by atoms with E-state index in [1.807, 2.05) is 0 Å². The topological polar surface area (TPSA) is 225 Å². The molecule has 0 bridgehead atoms. The fraction of sp³-hybridized carbons (Fsp3) is 0.222. The van der Waals surface area contributed by atoms with Crippen molar-refractivity contribution in [3.63, 3.8) is 0 Å². The summed E-state index contributed by atoms with van der Waals surface area (Å²) in [5.74, 6) is 0.228. The van der Waals surface area contributed by atoms with E-state index in [0.717, 1.165) is 11.3 Å². The highest BCUT2D eigenvalue weighted by molar-refractivity contribution is 7.80. The first-order chi connectivity index (χ1) is 27.2. The average molecular weight is 843 g/mol. The third-order valence-corrected chi connectivity index (χ3v) is 9.42. The van der Waals surface area contributed by atoms with E-state index < -0.39 is 21.8 Å². The van der Waals surface area contributed by atoms with E-state index in [1.54, 1.807) is 44.4 Å². The van der Waals surface area contributed by atoms with Crippen LogP contribution in [0.15, 0.2) is 60.7 Å². The van der Waals surface area contributed by atoms with Crippen LogP contribution in [0.3, 0.4) is 0 Å². The lowest BCUT2D eigenvalue weighted by atomic mass is 10.1. The number of aromatic nitrogens is 1. The summed E-state index contributed by atoms with van der Waals surface area (Å²) in [6.07, 6.45) is 0.0186. The van der Waals surface area contributed by atoms with Gasteiger partial charge >= 0.3 is 23.3 Å². The van der Waals surface area contributed by atoms with Crippen molar-refractivity contribution in [1.29, 1.82) is 0 Å². The number of thiazole rings is 1. The van der Waals surface area contributed by atoms with Gasteiger partial charge in [0.05, 0.1) is 56.6 Å². The Kier molecular flexibility index (Phi) is 15.1. The van der Waals surface area contributed by atoms with E-state index in [1.165, 1.54) is 58.8 Å². The largest absolute Gasteiger partial charge is 0.493 e. The number of hydrogen-bond acceptors (Lipinski definition) is 16. The molecule has 0 radical (unpaired) electrons. The first kappa shape index (κ1) is 43.2. The number of rotatable bonds is 14. The van der Waals surface area contributed by atoms with Gasteiger partial charge in [0.2, 0.25) is 11.5 Å². The Morgan fingerprint density at radius 3 is 2.04 bits per heavy atom. The Labute approximate surface area is 339 Å². The molecule has 18 nitrogen and oxygen atoms in total. The van der Waals surface area contributed by atoms with Crippen molar-refractivity contribution in [1.82, 2.24) is 10.3 Å². The van der Waals surface area contributed by atoms with Gasteiger partial charge in [-0.15, -0.1) is 0 Å². The van der Waals surface area contributed by atoms with Gasteiger partial charge in [0, 0.05) is 36.9 Å². The number of esters is 2. The van der Waals surface area contributed by atoms with Gasteiger partial charge in [0.15, 0.2) is 33.2 Å². The van der Waals surface area contributed by atoms with Crippen LogP contribution in [0.2, 0.25) is 5.02 Å². The first-order valence-electron chi connectivity index (χ1n) is 16.3. The summed E-state index contributed by atoms with van der Waals surface area (Å²) in [7, 11) is 8.75. The van der Waals surface area contributed by atoms with Crippen LogP contribution >= 0.6 is 35.2 Å². The molecular weight excluding hydrogens is 808 g/mol. The Morgan fingerprint density at radius 2 is 1.42 bits per heavy atom. The van der Waals surface area contributed by atoms with Crippen molar-refractivity contribution >= 4 is 84.6 Å². The number of halogens is 1. The van der Waals surface area contributed by atoms with Gasteiger partial charge in [-0.1, -0.05) is 29.0 Å². The molecule has 0 atom stereocenters. The number of nitrogens with zero attached hydrogens (tertiary/aromatic N) is 3. The van der Waals surface area contributed by atoms with Crippen LogP contribution in [0.1, 0.15) is 11.1 Å². The highest BCUT2D eigenvalue weighted by Crippen LogP contribution is 2.44. The van der Waals surface area contributed by atoms with E-state index in [9.17, 15) is 29.8 Å². The van der Waals surface area contributed by atoms with Gasteiger partial charge in [-0.25, -0.2) is 4.98 Å². The average Bonchev–Trinajstić information content (AvgIpc) is 3.63. The molecule has 300 valence electrons. The van der Waals surface area contributed by atoms with E-state index in [2.05, 4.69) is 30.4 Å². The smallest absolute Gasteiger partial charge is 0.330 e. The zero-order valence-electron chi connectivity index (χ0n) is 31.1. The summed E-state index contributed by atoms with van der Waals surface area (Å²) in [4.78, 5) is 49.3. The molecule has 1 heterocycles. The van der Waals surface area contributed by atoms with Crippen LogP contribution in [0.5, 0.6) is 34.5 Å². The van der Waals surface area contributed by atoms with E-state index >= 15 is 0 Å². The minimum absolute atomic E-state index is 0.0175. The predicted octanol–water partition coefficient (Wildman–Crippen LogP) is 7.44. The van der Waals surface area contributed by atoms with Crippen LogP contribution in [-0.4, -0.2) is 74.4 Å². The molecule has 0 aliphatic carbocycles. The minimum atomic E-state index is -0.555. The zero-order valence-corrected chi connectivity index (χ0v) is 33.5. The maximum Gasteiger partial charge on any atom is 0.330 e. The molecule has 0 amide bonds. The van der Waals surface area contributed by atoms with E-state index in [4.69, 9.17) is 42.8 Å². The number of carbonyl (C=O) groups excluding carboxylic acids is 2. The number of thiocarbonyl (C=S) groups is 1. The number of benzene rings is 4. The fourth-order valence-corrected chi connectivity index (χ4v) is 6.17. The third kappa shape index (κ3) is 11.1. The summed E-state index contributed by atoms with van der Waals surface area (Å²) >= 11 is 12.4. The number of hydrogen-bond donors (Lipinski definition) is 3. The normalized spacial score (nSPS) is 10.3. The maximum atomic E-state index is 11.7. The van der Waals surface area contributed by atoms with Gasteiger partial charge in [0.25, 0.3) is 0 Å². The van der Waals surface area contributed by atoms with Crippen LogP contribution < -0.4 is 34.9 Å². The van der Waals surface area contributed by atoms with Gasteiger partial charge in [-0.2, -0.15) is 0 Å². The molecule has 0 aliphatic rings. The standard InChI is InChI=1S/C18H16ClN3O6S.C18H19N3O6S/c1-20-18-21-11-4-5-12(16(22(24)25)17(11)29-18)28-14-8-10(19)9(6-13(14)26-2)7-15(23)27-3;1-19-18(28)20-12-5-7-14(13(10-12)21(23)24)27-15-6-4-11(8-16(15)25-2)9-17(22)26-3/h4-6,8H,7H2,1-3H3,(H,20,21);4-8,10H,9H2,1-3H3,(H2,19,20,28). The molecule has 0 aliphatic heterocycles. The van der Waals surface area contributed by atoms with Crippen LogP contribution in [-0.2, 0) is 31.9 Å². The number of methoxy groups -OCH3 is 4. The lowest BCUT2D eigenvalue weighted by molar-refractivity contribution is -0.385. The second kappa shape index (κ2) is 19.9. The number of fused-ring (bicyclic) bond motifs is 1. The molecule has 5 rings (SSSR count). The number of anilines is 2. The molecule has 3 N–H and O–H groups in total. The molecule has 0 saturated carbocycles. The summed E-state index contributed by atoms with van der Waals surface area (Å²) in [5, 5.41) is 32.7. The lowest BCUT2D eigenvalue weighted by Gasteiger charge is -2.13. The molecule has 57 heavy (non-hydrogen) atoms. The molecule has 0 saturated heterocycles. The molecule has 4 aromatic carbocycles. The second-order valence-electron chi connectivity index (χ2n) is 11.2. The van der Waals surface area contributed by atoms with Gasteiger partial charge in [-0.3, -0.25) is 29.8 Å². The number of nitro benzene ring substituents is 2. The zero-order chi connectivity index (χ0) is 41.8. The SMILES string of the molecule is CNC(=S)Nc1ccc(Oc2ccc(CC(=O)OC)cc2OC)c([N+](=O)[O-])c1.CNc1nc2ccc(Oc3cc(Cl)c(CC(=O)OC)cc3OC)c([N+](=O)[O-])c2s1. The highest BCUT2D eigenvalue weighted by atomic mass is 35.5. The van der Waals surface area contributed by atoms with Gasteiger partial charge in [0.1, 0.15) is 4.70 Å². The molecule has 0 fully saturated rings. The molecular formula is C36H35ClN6O12S2. The van der Waals surface area contributed by atoms with Crippen LogP contribution in [0.4, 0.5) is 22.2 Å². The molecule has 21 heteroatoms. The summed E-state index contributed by atoms with van der Waals surface area (Å²) in [5.41, 5.74) is 1.61. The van der Waals surface area contributed by atoms with Crippen molar-refractivity contribution in [2.45, 2.75) is 12.8 Å². The summed E-state index contributed by atoms with van der Waals surface area (Å²) in [6.45, 7) is 0. The van der Waals surface area contributed by atoms with Crippen molar-refractivity contribution in [2.75, 3.05) is 53.2 Å². The van der Waals surface area contributed by atoms with Crippen molar-refractivity contribution in [3.05, 3.63) is 97.0 Å². The third-order valence-electron chi connectivity index (χ3n) is 7.67. The molecule has 1 aromatic heterocycles. The number of nitrogens with one attached hydrogen (secondary N) is 3. The Balaban J connectivity index is 0.000000253. The maximum absolute atomic E-state index is 11.7. The second-order valence-corrected chi connectivity index (χ2v) is 13.0. The van der Waals surface area contributed by atoms with Crippen molar-refractivity contribution < 1.29 is 47.9 Å². The predicted molar refractivity (Wildman–Crippen MR) is 217 cm³/mol. The van der Waals surface area contributed by atoms with Crippen molar-refractivity contribution in [2.24, 2.45) is 0 Å². The molecule has 0 spiro atoms. The van der Waals surface area contributed by atoms with Crippen LogP contribution in [0.25, 0.3) is 10.2 Å². The number of ether oxygens (including phenoxy) is 6. The monoisotopic (exact) mass is 842 g/mol. The van der Waals surface area contributed by atoms with E-state index in [-0.39, 0.29) is 58.0 Å². The Morgan fingerprint density at radius 1 is 0.789 bits per heavy atom. The first-order valence-corrected chi connectivity index (χ1v) is 17.9. The highest BCUT2D eigenvalue weighted by Gasteiger charge is 2.25. The quantitative estimate of drug-likeness (QED) is 0.0427. The molecule has 0 unspecified atom stereocenters. The van der Waals surface area contributed by atoms with Gasteiger partial charge < -0.3 is 44.4 Å². The van der Waals surface area contributed by atoms with Crippen LogP contribution in [0, 0.1) is 20.2 Å². The lowest BCUT2D eigenvalue weighted by Crippen LogP contribution is -2.24. The summed E-state index contributed by atoms with van der Waals surface area (Å²) in [6, 6.07) is 15.3. The Bertz CT molecular complexity index is 2320. The number of carbonyl (C=O) groups is 2. The summed E-state index contributed by atoms with van der Waals surface area (Å²) < 4.78 is 31.8. The minimum Gasteiger partial charge on any atom is -0.493 e. The fourth-order valence-electron chi connectivity index (χ4n) is 4.90. The van der Waals surface area contributed by atoms with Gasteiger partial charge in [-0.05, 0) is 65.8 Å². The Hall–Kier alpha value is -6.51. The number of nitro groups is 2. The van der Waals surface area contributed by atoms with Crippen molar-refractivity contribution in [3.8, 4) is 34.5 Å². The molecule has 5 aromatic rings. The van der Waals surface area contributed by atoms with E-state index in [0.29, 0.717) is 43.0 Å².